The fourth-order valence-corrected chi connectivity index (χ4v) is 3.71. The van der Waals surface area contributed by atoms with Crippen LogP contribution in [0.2, 0.25) is 0 Å². The van der Waals surface area contributed by atoms with Crippen LogP contribution in [-0.4, -0.2) is 25.1 Å². The number of aromatic nitrogens is 1. The number of nitrogens with zero attached hydrogens (tertiary/aromatic N) is 1. The van der Waals surface area contributed by atoms with Crippen molar-refractivity contribution in [2.24, 2.45) is 0 Å². The molecule has 0 radical (unpaired) electrons. The van der Waals surface area contributed by atoms with Crippen molar-refractivity contribution in [3.63, 3.8) is 0 Å². The zero-order valence-electron chi connectivity index (χ0n) is 15.6. The quantitative estimate of drug-likeness (QED) is 0.684. The zero-order chi connectivity index (χ0) is 19.6. The van der Waals surface area contributed by atoms with Crippen LogP contribution in [-0.2, 0) is 21.4 Å². The van der Waals surface area contributed by atoms with Crippen LogP contribution in [0, 0.1) is 6.92 Å². The van der Waals surface area contributed by atoms with Crippen molar-refractivity contribution in [2.75, 3.05) is 11.0 Å². The summed E-state index contributed by atoms with van der Waals surface area (Å²) in [5, 5.41) is 4.09. The van der Waals surface area contributed by atoms with Crippen molar-refractivity contribution in [1.29, 1.82) is 0 Å². The molecule has 0 saturated carbocycles. The minimum Gasteiger partial charge on any atom is -0.348 e. The van der Waals surface area contributed by atoms with Crippen LogP contribution in [0.5, 0.6) is 0 Å². The number of nitrogens with one attached hydrogen (secondary N) is 2. The minimum absolute atomic E-state index is 0.103. The van der Waals surface area contributed by atoms with E-state index in [1.165, 1.54) is 0 Å². The van der Waals surface area contributed by atoms with Crippen molar-refractivity contribution in [2.45, 2.75) is 26.4 Å². The van der Waals surface area contributed by atoms with E-state index in [-0.39, 0.29) is 18.5 Å². The summed E-state index contributed by atoms with van der Waals surface area (Å²) in [4.78, 5) is 12.6. The fraction of sp³-hybridized carbons (Fsp3) is 0.250. The van der Waals surface area contributed by atoms with Gasteiger partial charge in [0.15, 0.2) is 0 Å². The summed E-state index contributed by atoms with van der Waals surface area (Å²) in [6.07, 6.45) is 1.11. The molecule has 0 bridgehead atoms. The number of para-hydroxylation sites is 1. The lowest BCUT2D eigenvalue weighted by molar-refractivity contribution is -0.122. The first kappa shape index (κ1) is 19.0. The SMILES string of the molecule is Cc1cc2ccccc2n1CC(=O)NC(C)c1cccc(NS(C)(=O)=O)c1. The number of carbonyl (C=O) groups excluding carboxylic acids is 1. The molecule has 0 saturated heterocycles. The third-order valence-electron chi connectivity index (χ3n) is 4.39. The summed E-state index contributed by atoms with van der Waals surface area (Å²) in [5.41, 5.74) is 3.35. The van der Waals surface area contributed by atoms with Crippen LogP contribution >= 0.6 is 0 Å². The Labute approximate surface area is 159 Å². The Bertz CT molecular complexity index is 1090. The van der Waals surface area contributed by atoms with Crippen molar-refractivity contribution >= 4 is 32.5 Å². The normalized spacial score (nSPS) is 12.7. The maximum atomic E-state index is 12.6. The van der Waals surface area contributed by atoms with E-state index in [0.29, 0.717) is 5.69 Å². The first-order valence-electron chi connectivity index (χ1n) is 8.65. The zero-order valence-corrected chi connectivity index (χ0v) is 16.4. The Hall–Kier alpha value is -2.80. The highest BCUT2D eigenvalue weighted by Crippen LogP contribution is 2.20. The van der Waals surface area contributed by atoms with Gasteiger partial charge in [-0.05, 0) is 49.1 Å². The lowest BCUT2D eigenvalue weighted by atomic mass is 10.1. The standard InChI is InChI=1S/C20H23N3O3S/c1-14-11-17-7-4-5-10-19(17)23(14)13-20(24)21-15(2)16-8-6-9-18(12-16)22-27(3,25)26/h4-12,15,22H,13H2,1-3H3,(H,21,24). The number of fused-ring (bicyclic) bond motifs is 1. The van der Waals surface area contributed by atoms with Gasteiger partial charge in [-0.3, -0.25) is 9.52 Å². The van der Waals surface area contributed by atoms with E-state index in [4.69, 9.17) is 0 Å². The molecule has 0 aliphatic carbocycles. The molecule has 3 rings (SSSR count). The van der Waals surface area contributed by atoms with Crippen molar-refractivity contribution in [3.8, 4) is 0 Å². The molecule has 1 unspecified atom stereocenters. The highest BCUT2D eigenvalue weighted by Gasteiger charge is 2.13. The summed E-state index contributed by atoms with van der Waals surface area (Å²) >= 11 is 0. The summed E-state index contributed by atoms with van der Waals surface area (Å²) in [6, 6.07) is 16.8. The molecule has 0 spiro atoms. The molecule has 1 heterocycles. The second kappa shape index (κ2) is 7.44. The lowest BCUT2D eigenvalue weighted by Crippen LogP contribution is -2.30. The molecule has 1 aromatic heterocycles. The first-order valence-corrected chi connectivity index (χ1v) is 10.5. The summed E-state index contributed by atoms with van der Waals surface area (Å²) in [7, 11) is -3.34. The van der Waals surface area contributed by atoms with E-state index >= 15 is 0 Å². The molecule has 3 aromatic rings. The fourth-order valence-electron chi connectivity index (χ4n) is 3.16. The van der Waals surface area contributed by atoms with Crippen molar-refractivity contribution < 1.29 is 13.2 Å². The van der Waals surface area contributed by atoms with E-state index in [2.05, 4.69) is 16.1 Å². The third-order valence-corrected chi connectivity index (χ3v) is 4.99. The predicted molar refractivity (Wildman–Crippen MR) is 108 cm³/mol. The molecule has 1 amide bonds. The maximum Gasteiger partial charge on any atom is 0.240 e. The van der Waals surface area contributed by atoms with Gasteiger partial charge in [0.1, 0.15) is 6.54 Å². The number of hydrogen-bond acceptors (Lipinski definition) is 3. The Morgan fingerprint density at radius 1 is 1.11 bits per heavy atom. The average molecular weight is 385 g/mol. The number of rotatable bonds is 6. The summed E-state index contributed by atoms with van der Waals surface area (Å²) in [6.45, 7) is 4.08. The van der Waals surface area contributed by atoms with Crippen LogP contribution in [0.1, 0.15) is 24.2 Å². The van der Waals surface area contributed by atoms with Crippen LogP contribution in [0.15, 0.2) is 54.6 Å². The average Bonchev–Trinajstić information content (AvgIpc) is 2.89. The molecule has 2 aromatic carbocycles. The second-order valence-electron chi connectivity index (χ2n) is 6.72. The van der Waals surface area contributed by atoms with Crippen LogP contribution in [0.25, 0.3) is 10.9 Å². The summed E-state index contributed by atoms with van der Waals surface area (Å²) in [5.74, 6) is -0.103. The van der Waals surface area contributed by atoms with Crippen LogP contribution in [0.3, 0.4) is 0 Å². The third kappa shape index (κ3) is 4.68. The van der Waals surface area contributed by atoms with Gasteiger partial charge in [0.05, 0.1) is 12.3 Å². The molecule has 0 aliphatic rings. The molecule has 0 aliphatic heterocycles. The number of hydrogen-bond donors (Lipinski definition) is 2. The van der Waals surface area contributed by atoms with E-state index in [1.54, 1.807) is 18.2 Å². The Kier molecular flexibility index (Phi) is 5.23. The number of amides is 1. The first-order chi connectivity index (χ1) is 12.7. The Morgan fingerprint density at radius 2 is 1.85 bits per heavy atom. The number of sulfonamides is 1. The van der Waals surface area contributed by atoms with E-state index in [0.717, 1.165) is 28.4 Å². The number of carbonyl (C=O) groups is 1. The monoisotopic (exact) mass is 385 g/mol. The predicted octanol–water partition coefficient (Wildman–Crippen LogP) is 3.20. The molecular formula is C20H23N3O3S. The molecule has 2 N–H and O–H groups in total. The number of anilines is 1. The van der Waals surface area contributed by atoms with E-state index < -0.39 is 10.0 Å². The van der Waals surface area contributed by atoms with Crippen molar-refractivity contribution in [3.05, 3.63) is 65.9 Å². The van der Waals surface area contributed by atoms with Gasteiger partial charge in [-0.15, -0.1) is 0 Å². The van der Waals surface area contributed by atoms with E-state index in [1.807, 2.05) is 48.7 Å². The number of benzene rings is 2. The highest BCUT2D eigenvalue weighted by atomic mass is 32.2. The highest BCUT2D eigenvalue weighted by molar-refractivity contribution is 7.92. The molecule has 1 atom stereocenters. The van der Waals surface area contributed by atoms with Crippen LogP contribution in [0.4, 0.5) is 5.69 Å². The topological polar surface area (TPSA) is 80.2 Å². The minimum atomic E-state index is -3.34. The molecule has 7 heteroatoms. The van der Waals surface area contributed by atoms with Gasteiger partial charge in [-0.2, -0.15) is 0 Å². The molecule has 27 heavy (non-hydrogen) atoms. The van der Waals surface area contributed by atoms with Crippen LogP contribution < -0.4 is 10.0 Å². The smallest absolute Gasteiger partial charge is 0.240 e. The lowest BCUT2D eigenvalue weighted by Gasteiger charge is -2.17. The molecule has 6 nitrogen and oxygen atoms in total. The second-order valence-corrected chi connectivity index (χ2v) is 8.47. The maximum absolute atomic E-state index is 12.6. The van der Waals surface area contributed by atoms with Crippen molar-refractivity contribution in [1.82, 2.24) is 9.88 Å². The Balaban J connectivity index is 1.72. The number of aryl methyl sites for hydroxylation is 1. The molecular weight excluding hydrogens is 362 g/mol. The largest absolute Gasteiger partial charge is 0.348 e. The van der Waals surface area contributed by atoms with Gasteiger partial charge in [0.25, 0.3) is 0 Å². The molecule has 0 fully saturated rings. The van der Waals surface area contributed by atoms with Gasteiger partial charge in [-0.25, -0.2) is 8.42 Å². The van der Waals surface area contributed by atoms with Gasteiger partial charge >= 0.3 is 0 Å². The van der Waals surface area contributed by atoms with Gasteiger partial charge in [0, 0.05) is 16.9 Å². The van der Waals surface area contributed by atoms with Gasteiger partial charge < -0.3 is 9.88 Å². The van der Waals surface area contributed by atoms with Gasteiger partial charge in [0.2, 0.25) is 15.9 Å². The van der Waals surface area contributed by atoms with Gasteiger partial charge in [-0.1, -0.05) is 30.3 Å². The molecule has 142 valence electrons. The van der Waals surface area contributed by atoms with E-state index in [9.17, 15) is 13.2 Å². The summed E-state index contributed by atoms with van der Waals surface area (Å²) < 4.78 is 27.2. The Morgan fingerprint density at radius 3 is 2.59 bits per heavy atom.